The second-order valence-electron chi connectivity index (χ2n) is 14.4. The number of hydrogen-bond donors (Lipinski definition) is 3. The normalized spacial score (nSPS) is 20.7. The fourth-order valence-electron chi connectivity index (χ4n) is 7.17. The minimum Gasteiger partial charge on any atom is -0.450 e. The molecule has 17 nitrogen and oxygen atoms in total. The van der Waals surface area contributed by atoms with Crippen LogP contribution in [0.1, 0.15) is 48.4 Å². The first-order chi connectivity index (χ1) is 28.5. The third-order valence-corrected chi connectivity index (χ3v) is 11.9. The van der Waals surface area contributed by atoms with E-state index in [0.717, 1.165) is 27.7 Å². The molecule has 3 atom stereocenters. The van der Waals surface area contributed by atoms with Crippen molar-refractivity contribution in [2.24, 2.45) is 0 Å². The largest absolute Gasteiger partial charge is 0.450 e. The Balaban J connectivity index is 0.761. The SMILES string of the molecule is CC(C)N1C(=O)S/C(=C\c2ccc(Sc3nc4ccccc4n3CC(=O)NCCOCCOCC(=O)Nc3cccc4c3CN(C3CCC(=O)NC3=O)C4=O)o2)C2OC21. The van der Waals surface area contributed by atoms with Crippen molar-refractivity contribution < 1.29 is 47.4 Å². The molecule has 8 rings (SSSR count). The van der Waals surface area contributed by atoms with Crippen LogP contribution >= 0.6 is 23.5 Å². The minimum absolute atomic E-state index is 0.0118. The number of nitrogens with zero attached hydrogens (tertiary/aromatic N) is 4. The summed E-state index contributed by atoms with van der Waals surface area (Å²) in [5.74, 6) is -1.28. The summed E-state index contributed by atoms with van der Waals surface area (Å²) in [5.41, 5.74) is 2.96. The summed E-state index contributed by atoms with van der Waals surface area (Å²) in [6.45, 7) is 4.61. The summed E-state index contributed by atoms with van der Waals surface area (Å²) >= 11 is 2.45. The molecular formula is C40H41N7O10S2. The number of imide groups is 1. The van der Waals surface area contributed by atoms with Gasteiger partial charge in [-0.05, 0) is 86.3 Å². The maximum Gasteiger partial charge on any atom is 0.288 e. The third kappa shape index (κ3) is 8.93. The van der Waals surface area contributed by atoms with Crippen LogP contribution in [0.2, 0.25) is 0 Å². The molecule has 2 aromatic heterocycles. The highest BCUT2D eigenvalue weighted by Crippen LogP contribution is 2.47. The molecule has 4 aliphatic heterocycles. The molecule has 0 radical (unpaired) electrons. The van der Waals surface area contributed by atoms with E-state index in [0.29, 0.717) is 32.8 Å². The Morgan fingerprint density at radius 1 is 1.03 bits per heavy atom. The van der Waals surface area contributed by atoms with Gasteiger partial charge in [-0.3, -0.25) is 34.1 Å². The fraction of sp³-hybridized carbons (Fsp3) is 0.375. The number of imidazole rings is 1. The van der Waals surface area contributed by atoms with Crippen LogP contribution in [0.15, 0.2) is 74.2 Å². The number of anilines is 1. The number of thioether (sulfide) groups is 1. The van der Waals surface area contributed by atoms with Gasteiger partial charge in [0.25, 0.3) is 11.1 Å². The lowest BCUT2D eigenvalue weighted by molar-refractivity contribution is -0.137. The van der Waals surface area contributed by atoms with Crippen LogP contribution in [0.25, 0.3) is 17.1 Å². The summed E-state index contributed by atoms with van der Waals surface area (Å²) in [6, 6.07) is 15.5. The van der Waals surface area contributed by atoms with Crippen molar-refractivity contribution >= 4 is 81.1 Å². The number of ether oxygens (including phenoxy) is 3. The van der Waals surface area contributed by atoms with Crippen molar-refractivity contribution in [1.82, 2.24) is 30.0 Å². The number of nitrogens with one attached hydrogen (secondary N) is 3. The molecule has 3 fully saturated rings. The first-order valence-electron chi connectivity index (χ1n) is 19.1. The summed E-state index contributed by atoms with van der Waals surface area (Å²) in [6.07, 6.45) is 1.84. The number of furan rings is 1. The number of aromatic nitrogens is 2. The molecule has 6 amide bonds. The smallest absolute Gasteiger partial charge is 0.288 e. The van der Waals surface area contributed by atoms with E-state index in [4.69, 9.17) is 23.6 Å². The number of carbonyl (C=O) groups is 6. The zero-order valence-corrected chi connectivity index (χ0v) is 33.8. The van der Waals surface area contributed by atoms with Crippen LogP contribution in [0.4, 0.5) is 10.5 Å². The highest BCUT2D eigenvalue weighted by molar-refractivity contribution is 8.17. The van der Waals surface area contributed by atoms with Gasteiger partial charge in [-0.15, -0.1) is 0 Å². The fourth-order valence-corrected chi connectivity index (χ4v) is 9.13. The van der Waals surface area contributed by atoms with Gasteiger partial charge in [0.1, 0.15) is 31.1 Å². The Kier molecular flexibility index (Phi) is 11.9. The molecule has 3 N–H and O–H groups in total. The van der Waals surface area contributed by atoms with E-state index >= 15 is 0 Å². The third-order valence-electron chi connectivity index (χ3n) is 10.0. The van der Waals surface area contributed by atoms with Crippen molar-refractivity contribution in [3.8, 4) is 0 Å². The van der Waals surface area contributed by atoms with Gasteiger partial charge in [0.2, 0.25) is 23.6 Å². The summed E-state index contributed by atoms with van der Waals surface area (Å²) < 4.78 is 24.8. The molecule has 2 aromatic carbocycles. The predicted octanol–water partition coefficient (Wildman–Crippen LogP) is 3.97. The minimum atomic E-state index is -0.756. The molecule has 0 bridgehead atoms. The zero-order valence-electron chi connectivity index (χ0n) is 32.1. The standard InChI is InChI=1S/C40H41N7O10S2/c1-22(2)47-38-35(57-38)30(58-40(47)53)18-23-10-13-34(56-23)59-39-43-27-7-3-4-9-28(27)46(39)20-32(49)41-14-15-54-16-17-55-21-33(50)42-26-8-5-6-24-25(26)19-45(37(24)52)29-11-12-31(48)44-36(29)51/h3-10,13,18,22,29,35,38H,11-12,14-17,19-21H2,1-2H3,(H,41,49)(H,42,50)(H,44,48,51)/b30-18-. The van der Waals surface area contributed by atoms with Crippen molar-refractivity contribution in [2.45, 2.75) is 74.4 Å². The molecule has 59 heavy (non-hydrogen) atoms. The molecular weight excluding hydrogens is 803 g/mol. The molecule has 0 aliphatic carbocycles. The summed E-state index contributed by atoms with van der Waals surface area (Å²) in [4.78, 5) is 84.1. The Bertz CT molecular complexity index is 2360. The van der Waals surface area contributed by atoms with Crippen LogP contribution in [0.5, 0.6) is 0 Å². The van der Waals surface area contributed by atoms with E-state index < -0.39 is 17.9 Å². The topological polar surface area (TPSA) is 207 Å². The zero-order chi connectivity index (χ0) is 41.2. The number of fused-ring (bicyclic) bond motifs is 3. The van der Waals surface area contributed by atoms with E-state index in [1.54, 1.807) is 23.1 Å². The summed E-state index contributed by atoms with van der Waals surface area (Å²) in [5, 5.41) is 9.03. The van der Waals surface area contributed by atoms with Gasteiger partial charge in [0.15, 0.2) is 16.5 Å². The van der Waals surface area contributed by atoms with Crippen molar-refractivity contribution in [3.63, 3.8) is 0 Å². The number of benzene rings is 2. The molecule has 0 spiro atoms. The molecule has 19 heteroatoms. The Hall–Kier alpha value is -5.47. The van der Waals surface area contributed by atoms with Crippen LogP contribution < -0.4 is 16.0 Å². The Labute approximate surface area is 346 Å². The monoisotopic (exact) mass is 843 g/mol. The first kappa shape index (κ1) is 40.3. The second kappa shape index (κ2) is 17.4. The average Bonchev–Trinajstić information content (AvgIpc) is 3.58. The van der Waals surface area contributed by atoms with E-state index in [1.807, 2.05) is 60.9 Å². The van der Waals surface area contributed by atoms with Crippen LogP contribution in [0, 0.1) is 0 Å². The maximum atomic E-state index is 13.1. The Morgan fingerprint density at radius 2 is 1.86 bits per heavy atom. The van der Waals surface area contributed by atoms with Gasteiger partial charge in [-0.25, -0.2) is 4.98 Å². The summed E-state index contributed by atoms with van der Waals surface area (Å²) in [7, 11) is 0. The van der Waals surface area contributed by atoms with Crippen LogP contribution in [0.3, 0.4) is 0 Å². The van der Waals surface area contributed by atoms with Gasteiger partial charge in [-0.2, -0.15) is 0 Å². The number of amides is 6. The van der Waals surface area contributed by atoms with E-state index in [1.165, 1.54) is 16.7 Å². The molecule has 4 aromatic rings. The maximum absolute atomic E-state index is 13.1. The predicted molar refractivity (Wildman–Crippen MR) is 215 cm³/mol. The van der Waals surface area contributed by atoms with Crippen LogP contribution in [-0.2, 0) is 46.5 Å². The molecule has 3 saturated heterocycles. The van der Waals surface area contributed by atoms with Gasteiger partial charge in [0, 0.05) is 47.3 Å². The molecule has 0 saturated carbocycles. The van der Waals surface area contributed by atoms with E-state index in [9.17, 15) is 28.8 Å². The molecule has 308 valence electrons. The second-order valence-corrected chi connectivity index (χ2v) is 16.4. The molecule has 3 unspecified atom stereocenters. The molecule has 4 aliphatic rings. The highest BCUT2D eigenvalue weighted by Gasteiger charge is 2.54. The number of hydrogen-bond acceptors (Lipinski definition) is 13. The van der Waals surface area contributed by atoms with Crippen molar-refractivity contribution in [2.75, 3.05) is 38.3 Å². The quantitative estimate of drug-likeness (QED) is 0.0831. The highest BCUT2D eigenvalue weighted by atomic mass is 32.2. The van der Waals surface area contributed by atoms with E-state index in [2.05, 4.69) is 16.0 Å². The lowest BCUT2D eigenvalue weighted by atomic mass is 10.0. The van der Waals surface area contributed by atoms with Gasteiger partial charge < -0.3 is 43.6 Å². The molecule has 6 heterocycles. The van der Waals surface area contributed by atoms with Gasteiger partial charge in [0.05, 0.1) is 30.9 Å². The number of epoxide rings is 1. The van der Waals surface area contributed by atoms with Gasteiger partial charge >= 0.3 is 0 Å². The lowest BCUT2D eigenvalue weighted by Gasteiger charge is -2.29. The first-order valence-corrected chi connectivity index (χ1v) is 20.8. The van der Waals surface area contributed by atoms with E-state index in [-0.39, 0.29) is 100 Å². The average molecular weight is 844 g/mol. The number of para-hydroxylation sites is 2. The number of piperidine rings is 1. The lowest BCUT2D eigenvalue weighted by Crippen LogP contribution is -2.52. The van der Waals surface area contributed by atoms with Crippen molar-refractivity contribution in [1.29, 1.82) is 0 Å². The van der Waals surface area contributed by atoms with Gasteiger partial charge in [-0.1, -0.05) is 18.2 Å². The van der Waals surface area contributed by atoms with Crippen LogP contribution in [-0.4, -0.2) is 112 Å². The number of rotatable bonds is 16. The Morgan fingerprint density at radius 3 is 2.69 bits per heavy atom. The van der Waals surface area contributed by atoms with Crippen molar-refractivity contribution in [3.05, 3.63) is 76.4 Å². The number of carbonyl (C=O) groups excluding carboxylic acids is 6.